The molecule has 2 fully saturated rings. The van der Waals surface area contributed by atoms with Gasteiger partial charge < -0.3 is 14.5 Å². The van der Waals surface area contributed by atoms with Gasteiger partial charge in [0.2, 0.25) is 11.8 Å². The van der Waals surface area contributed by atoms with Crippen molar-refractivity contribution < 1.29 is 32.3 Å². The first-order valence-corrected chi connectivity index (χ1v) is 15.1. The van der Waals surface area contributed by atoms with Crippen LogP contribution >= 0.6 is 11.8 Å². The molecule has 3 aliphatic rings. The van der Waals surface area contributed by atoms with Crippen molar-refractivity contribution >= 4 is 35.2 Å². The maximum atomic E-state index is 15.1. The Morgan fingerprint density at radius 1 is 0.977 bits per heavy atom. The third kappa shape index (κ3) is 5.84. The fraction of sp³-hybridized carbons (Fsp3) is 0.312. The summed E-state index contributed by atoms with van der Waals surface area (Å²) in [6.07, 6.45) is 1.57. The summed E-state index contributed by atoms with van der Waals surface area (Å²) < 4.78 is 50.6. The molecule has 1 atom stereocenters. The molecule has 8 nitrogen and oxygen atoms in total. The number of nitriles is 1. The van der Waals surface area contributed by atoms with Crippen molar-refractivity contribution in [1.82, 2.24) is 10.2 Å². The van der Waals surface area contributed by atoms with E-state index in [1.165, 1.54) is 23.1 Å². The second-order valence-corrected chi connectivity index (χ2v) is 12.3. The lowest BCUT2D eigenvalue weighted by atomic mass is 10.0. The summed E-state index contributed by atoms with van der Waals surface area (Å²) >= 11 is 1.13. The van der Waals surface area contributed by atoms with Crippen LogP contribution in [0.15, 0.2) is 53.4 Å². The Morgan fingerprint density at radius 2 is 1.73 bits per heavy atom. The van der Waals surface area contributed by atoms with Gasteiger partial charge in [0.25, 0.3) is 5.91 Å². The highest BCUT2D eigenvalue weighted by atomic mass is 32.2. The number of halogens is 3. The zero-order valence-corrected chi connectivity index (χ0v) is 24.3. The van der Waals surface area contributed by atoms with E-state index in [-0.39, 0.29) is 59.1 Å². The average Bonchev–Trinajstić information content (AvgIpc) is 3.34. The van der Waals surface area contributed by atoms with Crippen LogP contribution in [0.25, 0.3) is 0 Å². The van der Waals surface area contributed by atoms with Gasteiger partial charge in [-0.15, -0.1) is 11.8 Å². The van der Waals surface area contributed by atoms with Gasteiger partial charge in [0.05, 0.1) is 28.8 Å². The van der Waals surface area contributed by atoms with Gasteiger partial charge >= 0.3 is 0 Å². The number of anilines is 1. The largest absolute Gasteiger partial charge is 0.489 e. The number of thioether (sulfide) groups is 1. The van der Waals surface area contributed by atoms with Gasteiger partial charge in [-0.2, -0.15) is 5.26 Å². The van der Waals surface area contributed by atoms with Crippen LogP contribution in [0.5, 0.6) is 5.75 Å². The van der Waals surface area contributed by atoms with Crippen LogP contribution in [0.1, 0.15) is 52.7 Å². The van der Waals surface area contributed by atoms with E-state index in [2.05, 4.69) is 5.32 Å². The van der Waals surface area contributed by atoms with E-state index in [9.17, 15) is 18.8 Å². The minimum atomic E-state index is -0.766. The van der Waals surface area contributed by atoms with E-state index in [4.69, 9.17) is 10.00 Å². The minimum absolute atomic E-state index is 0.0597. The topological polar surface area (TPSA) is 103 Å². The summed E-state index contributed by atoms with van der Waals surface area (Å²) in [4.78, 5) is 40.1. The Bertz CT molecular complexity index is 1680. The summed E-state index contributed by atoms with van der Waals surface area (Å²) in [7, 11) is 0. The molecule has 3 amide bonds. The van der Waals surface area contributed by atoms with E-state index in [1.807, 2.05) is 11.0 Å². The predicted molar refractivity (Wildman–Crippen MR) is 155 cm³/mol. The average molecular weight is 621 g/mol. The lowest BCUT2D eigenvalue weighted by Crippen LogP contribution is -2.52. The summed E-state index contributed by atoms with van der Waals surface area (Å²) in [5, 5.41) is 11.2. The van der Waals surface area contributed by atoms with Crippen LogP contribution in [0, 0.1) is 28.8 Å². The van der Waals surface area contributed by atoms with Crippen molar-refractivity contribution in [2.45, 2.75) is 55.0 Å². The zero-order chi connectivity index (χ0) is 31.0. The van der Waals surface area contributed by atoms with Gasteiger partial charge in [0, 0.05) is 35.9 Å². The molecule has 0 aromatic heterocycles. The molecule has 6 rings (SSSR count). The number of imide groups is 1. The molecule has 0 aliphatic carbocycles. The maximum absolute atomic E-state index is 15.1. The number of rotatable bonds is 7. The molecule has 0 unspecified atom stereocenters. The number of amides is 3. The summed E-state index contributed by atoms with van der Waals surface area (Å²) in [5.41, 5.74) is 1.88. The number of piperidine rings is 2. The Balaban J connectivity index is 1.08. The molecule has 0 spiro atoms. The smallest absolute Gasteiger partial charge is 0.255 e. The number of hydrogen-bond donors (Lipinski definition) is 1. The minimum Gasteiger partial charge on any atom is -0.489 e. The first-order chi connectivity index (χ1) is 21.2. The van der Waals surface area contributed by atoms with Crippen LogP contribution in [0.4, 0.5) is 18.9 Å². The van der Waals surface area contributed by atoms with Crippen LogP contribution < -0.4 is 15.0 Å². The number of fused-ring (bicyclic) bond motifs is 1. The Hall–Kier alpha value is -4.50. The van der Waals surface area contributed by atoms with E-state index < -0.39 is 29.4 Å². The predicted octanol–water partition coefficient (Wildman–Crippen LogP) is 5.08. The molecule has 12 heteroatoms. The molecule has 3 aromatic carbocycles. The van der Waals surface area contributed by atoms with Crippen LogP contribution in [0.3, 0.4) is 0 Å². The molecule has 44 heavy (non-hydrogen) atoms. The van der Waals surface area contributed by atoms with Gasteiger partial charge in [-0.3, -0.25) is 19.7 Å². The van der Waals surface area contributed by atoms with Crippen molar-refractivity contribution in [3.05, 3.63) is 88.2 Å². The number of nitrogens with one attached hydrogen (secondary N) is 1. The number of carbonyl (C=O) groups excluding carboxylic acids is 3. The lowest BCUT2D eigenvalue weighted by molar-refractivity contribution is -0.136. The van der Waals surface area contributed by atoms with Gasteiger partial charge in [-0.1, -0.05) is 6.07 Å². The standard InChI is InChI=1S/C32H27F3N4O4S/c33-23-12-18(15-36)4-5-26(23)38-10-8-20(9-11-38)44-30-24(34)13-19(14-25(30)35)17-43-28-3-1-2-21-22(28)16-39(32(21)42)27-6-7-29(40)37-31(27)41/h1-5,12-14,20,27H,6-11,16-17H2,(H,37,40,41)/t27-/m0/s1. The molecule has 0 bridgehead atoms. The monoisotopic (exact) mass is 620 g/mol. The molecule has 0 saturated carbocycles. The first kappa shape index (κ1) is 29.6. The molecule has 3 aliphatic heterocycles. The van der Waals surface area contributed by atoms with Gasteiger partial charge in [-0.25, -0.2) is 13.2 Å². The molecular weight excluding hydrogens is 593 g/mol. The quantitative estimate of drug-likeness (QED) is 0.368. The number of benzene rings is 3. The highest BCUT2D eigenvalue weighted by Gasteiger charge is 2.40. The molecular formula is C32H27F3N4O4S. The van der Waals surface area contributed by atoms with Crippen molar-refractivity contribution in [1.29, 1.82) is 5.26 Å². The van der Waals surface area contributed by atoms with Crippen molar-refractivity contribution in [3.63, 3.8) is 0 Å². The third-order valence-corrected chi connectivity index (χ3v) is 9.57. The lowest BCUT2D eigenvalue weighted by Gasteiger charge is -2.33. The summed E-state index contributed by atoms with van der Waals surface area (Å²) in [6.45, 7) is 1.00. The van der Waals surface area contributed by atoms with E-state index in [0.717, 1.165) is 11.8 Å². The second-order valence-electron chi connectivity index (χ2n) is 10.9. The number of nitrogens with zero attached hydrogens (tertiary/aromatic N) is 3. The Kier molecular flexibility index (Phi) is 8.23. The normalized spacial score (nSPS) is 18.7. The van der Waals surface area contributed by atoms with Gasteiger partial charge in [0.1, 0.15) is 35.8 Å². The maximum Gasteiger partial charge on any atom is 0.255 e. The summed E-state index contributed by atoms with van der Waals surface area (Å²) in [5.74, 6) is -2.73. The number of hydrogen-bond acceptors (Lipinski definition) is 7. The fourth-order valence-electron chi connectivity index (χ4n) is 5.88. The van der Waals surface area contributed by atoms with Crippen molar-refractivity contribution in [3.8, 4) is 11.8 Å². The number of carbonyl (C=O) groups is 3. The van der Waals surface area contributed by atoms with Crippen molar-refractivity contribution in [2.75, 3.05) is 18.0 Å². The Morgan fingerprint density at radius 3 is 2.41 bits per heavy atom. The van der Waals surface area contributed by atoms with Crippen LogP contribution in [0.2, 0.25) is 0 Å². The number of ether oxygens (including phenoxy) is 1. The molecule has 226 valence electrons. The van der Waals surface area contributed by atoms with E-state index in [1.54, 1.807) is 30.3 Å². The second kappa shape index (κ2) is 12.2. The van der Waals surface area contributed by atoms with E-state index in [0.29, 0.717) is 48.5 Å². The Labute approximate surface area is 255 Å². The van der Waals surface area contributed by atoms with Gasteiger partial charge in [-0.05, 0) is 67.3 Å². The molecule has 0 radical (unpaired) electrons. The van der Waals surface area contributed by atoms with Gasteiger partial charge in [0.15, 0.2) is 0 Å². The fourth-order valence-corrected chi connectivity index (χ4v) is 7.00. The summed E-state index contributed by atoms with van der Waals surface area (Å²) in [6, 6.07) is 12.9. The third-order valence-electron chi connectivity index (χ3n) is 8.14. The molecule has 2 saturated heterocycles. The highest BCUT2D eigenvalue weighted by molar-refractivity contribution is 8.00. The zero-order valence-electron chi connectivity index (χ0n) is 23.4. The highest BCUT2D eigenvalue weighted by Crippen LogP contribution is 2.37. The van der Waals surface area contributed by atoms with Crippen LogP contribution in [-0.2, 0) is 22.7 Å². The first-order valence-electron chi connectivity index (χ1n) is 14.2. The van der Waals surface area contributed by atoms with Crippen LogP contribution in [-0.4, -0.2) is 47.0 Å². The molecule has 3 heterocycles. The van der Waals surface area contributed by atoms with Crippen molar-refractivity contribution in [2.24, 2.45) is 0 Å². The SMILES string of the molecule is N#Cc1ccc(N2CCC(Sc3c(F)cc(COc4cccc5c4CN([C@H]4CCC(=O)NC4=O)C5=O)cc3F)CC2)c(F)c1. The molecule has 1 N–H and O–H groups in total. The molecule has 3 aromatic rings. The van der Waals surface area contributed by atoms with E-state index >= 15 is 8.78 Å².